The molecule has 0 unspecified atom stereocenters. The highest BCUT2D eigenvalue weighted by atomic mass is 35.5. The fourth-order valence-corrected chi connectivity index (χ4v) is 2.74. The summed E-state index contributed by atoms with van der Waals surface area (Å²) in [6.45, 7) is 0.297. The maximum atomic E-state index is 12.2. The zero-order valence-electron chi connectivity index (χ0n) is 12.3. The van der Waals surface area contributed by atoms with Gasteiger partial charge in [0, 0.05) is 28.0 Å². The van der Waals surface area contributed by atoms with Crippen LogP contribution in [-0.4, -0.2) is 19.9 Å². The Kier molecular flexibility index (Phi) is 3.35. The van der Waals surface area contributed by atoms with Crippen molar-refractivity contribution in [2.24, 2.45) is 0 Å². The summed E-state index contributed by atoms with van der Waals surface area (Å²) in [4.78, 5) is 35.7. The number of aromatic amines is 3. The molecule has 4 rings (SSSR count). The maximum Gasteiger partial charge on any atom is 0.325 e. The number of fused-ring (bicyclic) bond motifs is 2. The number of aromatic nitrogens is 4. The Labute approximate surface area is 139 Å². The van der Waals surface area contributed by atoms with Crippen molar-refractivity contribution in [3.05, 3.63) is 67.8 Å². The first-order valence-electron chi connectivity index (χ1n) is 7.23. The van der Waals surface area contributed by atoms with E-state index in [0.717, 1.165) is 10.9 Å². The molecule has 3 heterocycles. The van der Waals surface area contributed by atoms with Crippen LogP contribution in [0.2, 0.25) is 5.02 Å². The number of pyridine rings is 2. The summed E-state index contributed by atoms with van der Waals surface area (Å²) < 4.78 is 0. The predicted molar refractivity (Wildman–Crippen MR) is 93.6 cm³/mol. The lowest BCUT2D eigenvalue weighted by Gasteiger charge is -2.06. The Bertz CT molecular complexity index is 1170. The van der Waals surface area contributed by atoms with E-state index in [9.17, 15) is 9.59 Å². The molecule has 120 valence electrons. The lowest BCUT2D eigenvalue weighted by atomic mass is 10.1. The van der Waals surface area contributed by atoms with Crippen molar-refractivity contribution in [2.45, 2.75) is 6.54 Å². The summed E-state index contributed by atoms with van der Waals surface area (Å²) >= 11 is 5.99. The average Bonchev–Trinajstić information content (AvgIpc) is 2.92. The molecule has 0 atom stereocenters. The lowest BCUT2D eigenvalue weighted by Crippen LogP contribution is -2.16. The number of imidazole rings is 1. The van der Waals surface area contributed by atoms with Gasteiger partial charge in [-0.3, -0.25) is 9.78 Å². The van der Waals surface area contributed by atoms with Crippen molar-refractivity contribution in [3.63, 3.8) is 0 Å². The zero-order chi connectivity index (χ0) is 16.7. The highest BCUT2D eigenvalue weighted by Crippen LogP contribution is 2.17. The van der Waals surface area contributed by atoms with Crippen LogP contribution in [0.25, 0.3) is 22.1 Å². The fourth-order valence-electron chi connectivity index (χ4n) is 2.55. The van der Waals surface area contributed by atoms with E-state index < -0.39 is 0 Å². The van der Waals surface area contributed by atoms with Crippen molar-refractivity contribution in [3.8, 4) is 0 Å². The number of hydrogen-bond acceptors (Lipinski definition) is 4. The highest BCUT2D eigenvalue weighted by molar-refractivity contribution is 6.31. The summed E-state index contributed by atoms with van der Waals surface area (Å²) in [5, 5.41) is 4.55. The number of benzene rings is 1. The molecule has 0 saturated carbocycles. The first-order valence-corrected chi connectivity index (χ1v) is 7.61. The lowest BCUT2D eigenvalue weighted by molar-refractivity contribution is 1.07. The van der Waals surface area contributed by atoms with Gasteiger partial charge in [0.1, 0.15) is 5.82 Å². The minimum Gasteiger partial charge on any atom is -0.366 e. The van der Waals surface area contributed by atoms with Gasteiger partial charge in [-0.15, -0.1) is 0 Å². The quantitative estimate of drug-likeness (QED) is 0.459. The van der Waals surface area contributed by atoms with Gasteiger partial charge in [-0.1, -0.05) is 11.6 Å². The third-order valence-electron chi connectivity index (χ3n) is 3.72. The third-order valence-corrected chi connectivity index (χ3v) is 3.95. The molecule has 0 aliphatic carbocycles. The monoisotopic (exact) mass is 341 g/mol. The van der Waals surface area contributed by atoms with E-state index in [-0.39, 0.29) is 11.2 Å². The molecule has 0 saturated heterocycles. The molecule has 1 aromatic carbocycles. The number of nitrogens with zero attached hydrogens (tertiary/aromatic N) is 1. The molecule has 24 heavy (non-hydrogen) atoms. The molecular weight excluding hydrogens is 330 g/mol. The van der Waals surface area contributed by atoms with Crippen molar-refractivity contribution in [2.75, 3.05) is 5.32 Å². The van der Waals surface area contributed by atoms with Crippen molar-refractivity contribution in [1.82, 2.24) is 19.9 Å². The van der Waals surface area contributed by atoms with Crippen LogP contribution in [0.3, 0.4) is 0 Å². The Balaban J connectivity index is 1.64. The Morgan fingerprint density at radius 3 is 2.71 bits per heavy atom. The number of rotatable bonds is 3. The Morgan fingerprint density at radius 2 is 1.83 bits per heavy atom. The minimum absolute atomic E-state index is 0.173. The number of halogens is 1. The normalized spacial score (nSPS) is 11.2. The zero-order valence-corrected chi connectivity index (χ0v) is 13.1. The van der Waals surface area contributed by atoms with Crippen molar-refractivity contribution < 1.29 is 0 Å². The van der Waals surface area contributed by atoms with Gasteiger partial charge >= 0.3 is 5.69 Å². The Hall–Kier alpha value is -3.06. The maximum absolute atomic E-state index is 12.2. The van der Waals surface area contributed by atoms with Crippen LogP contribution in [0, 0.1) is 0 Å². The van der Waals surface area contributed by atoms with Crippen LogP contribution in [-0.2, 0) is 6.54 Å². The standard InChI is InChI=1S/C16H12ClN5O2/c17-10-1-2-11-8(6-10)5-9(15(23)19-11)7-18-13-4-3-12-14(21-13)22-16(24)20-12/h1-6H,7H2,(H,19,23)(H3,18,20,21,22,24). The van der Waals surface area contributed by atoms with Gasteiger partial charge in [0.2, 0.25) is 0 Å². The topological polar surface area (TPSA) is 106 Å². The van der Waals surface area contributed by atoms with E-state index in [1.54, 1.807) is 36.4 Å². The number of H-pyrrole nitrogens is 3. The average molecular weight is 342 g/mol. The van der Waals surface area contributed by atoms with Gasteiger partial charge in [-0.05, 0) is 36.4 Å². The summed E-state index contributed by atoms with van der Waals surface area (Å²) in [5.41, 5.74) is 1.91. The van der Waals surface area contributed by atoms with Crippen LogP contribution in [0.15, 0.2) is 46.0 Å². The number of anilines is 1. The van der Waals surface area contributed by atoms with Gasteiger partial charge in [-0.25, -0.2) is 9.78 Å². The van der Waals surface area contributed by atoms with Crippen LogP contribution < -0.4 is 16.6 Å². The van der Waals surface area contributed by atoms with Crippen molar-refractivity contribution >= 4 is 39.5 Å². The van der Waals surface area contributed by atoms with E-state index >= 15 is 0 Å². The molecule has 3 aromatic heterocycles. The van der Waals surface area contributed by atoms with Crippen molar-refractivity contribution in [1.29, 1.82) is 0 Å². The molecule has 0 aliphatic rings. The highest BCUT2D eigenvalue weighted by Gasteiger charge is 2.05. The first kappa shape index (κ1) is 14.5. The van der Waals surface area contributed by atoms with Crippen LogP contribution in [0.1, 0.15) is 5.56 Å². The van der Waals surface area contributed by atoms with Gasteiger partial charge < -0.3 is 15.3 Å². The number of hydrogen-bond donors (Lipinski definition) is 4. The summed E-state index contributed by atoms with van der Waals surface area (Å²) in [5.74, 6) is 0.559. The van der Waals surface area contributed by atoms with E-state index in [1.165, 1.54) is 0 Å². The van der Waals surface area contributed by atoms with E-state index in [1.807, 2.05) is 0 Å². The van der Waals surface area contributed by atoms with Crippen LogP contribution in [0.5, 0.6) is 0 Å². The van der Waals surface area contributed by atoms with Gasteiger partial charge in [0.15, 0.2) is 5.65 Å². The molecule has 8 heteroatoms. The second-order valence-electron chi connectivity index (χ2n) is 5.38. The molecule has 7 nitrogen and oxygen atoms in total. The smallest absolute Gasteiger partial charge is 0.325 e. The fraction of sp³-hybridized carbons (Fsp3) is 0.0625. The molecular formula is C16H12ClN5O2. The van der Waals surface area contributed by atoms with Gasteiger partial charge in [0.05, 0.1) is 5.52 Å². The third kappa shape index (κ3) is 2.65. The predicted octanol–water partition coefficient (Wildman–Crippen LogP) is 2.36. The minimum atomic E-state index is -0.308. The second kappa shape index (κ2) is 5.54. The van der Waals surface area contributed by atoms with Crippen LogP contribution >= 0.6 is 11.6 Å². The summed E-state index contributed by atoms with van der Waals surface area (Å²) in [6, 6.07) is 10.6. The second-order valence-corrected chi connectivity index (χ2v) is 5.82. The molecule has 0 bridgehead atoms. The summed E-state index contributed by atoms with van der Waals surface area (Å²) in [7, 11) is 0. The van der Waals surface area contributed by atoms with E-state index in [4.69, 9.17) is 11.6 Å². The summed E-state index contributed by atoms with van der Waals surface area (Å²) in [6.07, 6.45) is 0. The Morgan fingerprint density at radius 1 is 1.00 bits per heavy atom. The molecule has 4 N–H and O–H groups in total. The first-order chi connectivity index (χ1) is 11.6. The number of nitrogens with one attached hydrogen (secondary N) is 4. The SMILES string of the molecule is O=c1[nH]c2ccc(NCc3cc4cc(Cl)ccc4[nH]c3=O)nc2[nH]1. The van der Waals surface area contributed by atoms with Gasteiger partial charge in [-0.2, -0.15) is 0 Å². The molecule has 0 aliphatic heterocycles. The molecule has 0 spiro atoms. The van der Waals surface area contributed by atoms with E-state index in [0.29, 0.717) is 34.1 Å². The van der Waals surface area contributed by atoms with E-state index in [2.05, 4.69) is 25.3 Å². The molecule has 4 aromatic rings. The largest absolute Gasteiger partial charge is 0.366 e. The van der Waals surface area contributed by atoms with Crippen LogP contribution in [0.4, 0.5) is 5.82 Å². The molecule has 0 radical (unpaired) electrons. The molecule has 0 fully saturated rings. The van der Waals surface area contributed by atoms with Gasteiger partial charge in [0.25, 0.3) is 5.56 Å². The molecule has 0 amide bonds.